The number of aryl methyl sites for hydroxylation is 1. The summed E-state index contributed by atoms with van der Waals surface area (Å²) in [5, 5.41) is 2.86. The van der Waals surface area contributed by atoms with Crippen molar-refractivity contribution >= 4 is 41.1 Å². The van der Waals surface area contributed by atoms with Gasteiger partial charge < -0.3 is 20.7 Å². The molecule has 42 heavy (non-hydrogen) atoms. The Hall–Kier alpha value is -4.79. The van der Waals surface area contributed by atoms with Gasteiger partial charge in [0.1, 0.15) is 12.4 Å². The predicted octanol–water partition coefficient (Wildman–Crippen LogP) is 5.43. The number of anilines is 1. The zero-order valence-electron chi connectivity index (χ0n) is 24.1. The van der Waals surface area contributed by atoms with Gasteiger partial charge in [0.2, 0.25) is 5.91 Å². The third-order valence-electron chi connectivity index (χ3n) is 6.72. The number of carbonyl (C=O) groups excluding carboxylic acids is 3. The Bertz CT molecular complexity index is 1480. The van der Waals surface area contributed by atoms with Crippen LogP contribution in [-0.4, -0.2) is 46.6 Å². The van der Waals surface area contributed by atoms with Gasteiger partial charge in [-0.05, 0) is 54.7 Å². The average Bonchev–Trinajstić information content (AvgIpc) is 3.16. The Labute approximate surface area is 246 Å². The highest BCUT2D eigenvalue weighted by Crippen LogP contribution is 2.29. The van der Waals surface area contributed by atoms with Crippen molar-refractivity contribution in [2.45, 2.75) is 52.6 Å². The number of aromatic nitrogens is 1. The molecule has 218 valence electrons. The van der Waals surface area contributed by atoms with Gasteiger partial charge in [-0.1, -0.05) is 50.2 Å². The van der Waals surface area contributed by atoms with Crippen LogP contribution in [0.5, 0.6) is 0 Å². The van der Waals surface area contributed by atoms with Gasteiger partial charge in [0.25, 0.3) is 5.91 Å². The van der Waals surface area contributed by atoms with E-state index in [0.717, 1.165) is 29.5 Å². The number of hydrogen-bond acceptors (Lipinski definition) is 7. The molecule has 1 aromatic heterocycles. The van der Waals surface area contributed by atoms with Crippen LogP contribution in [0, 0.1) is 0 Å². The van der Waals surface area contributed by atoms with Crippen LogP contribution in [0.2, 0.25) is 0 Å². The van der Waals surface area contributed by atoms with E-state index in [-0.39, 0.29) is 37.2 Å². The highest BCUT2D eigenvalue weighted by Gasteiger charge is 2.21. The van der Waals surface area contributed by atoms with Gasteiger partial charge in [-0.3, -0.25) is 19.4 Å². The van der Waals surface area contributed by atoms with Crippen LogP contribution >= 0.6 is 0 Å². The quantitative estimate of drug-likeness (QED) is 0.281. The molecule has 2 heterocycles. The number of rotatable bonds is 12. The maximum absolute atomic E-state index is 13.2. The number of ether oxygens (including phenoxy) is 1. The van der Waals surface area contributed by atoms with E-state index < -0.39 is 0 Å². The molecule has 0 unspecified atom stereocenters. The van der Waals surface area contributed by atoms with Crippen LogP contribution in [0.4, 0.5) is 11.4 Å². The summed E-state index contributed by atoms with van der Waals surface area (Å²) in [5.41, 5.74) is 10.7. The topological polar surface area (TPSA) is 127 Å². The van der Waals surface area contributed by atoms with Crippen molar-refractivity contribution in [1.82, 2.24) is 9.88 Å². The zero-order chi connectivity index (χ0) is 29.9. The molecule has 3 N–H and O–H groups in total. The molecule has 0 aliphatic carbocycles. The van der Waals surface area contributed by atoms with Gasteiger partial charge in [0, 0.05) is 48.8 Å². The van der Waals surface area contributed by atoms with Crippen molar-refractivity contribution < 1.29 is 19.1 Å². The molecule has 4 rings (SSSR count). The van der Waals surface area contributed by atoms with Gasteiger partial charge in [0.05, 0.1) is 17.6 Å². The molecular formula is C33H37N5O4. The lowest BCUT2D eigenvalue weighted by atomic mass is 10.0. The van der Waals surface area contributed by atoms with E-state index in [1.807, 2.05) is 55.2 Å². The van der Waals surface area contributed by atoms with Crippen LogP contribution in [-0.2, 0) is 27.4 Å². The minimum absolute atomic E-state index is 0.0386. The number of pyridine rings is 1. The SMILES string of the molecule is CCCN(CCC)C(=O)C1=Cc2ccc(C(=O)Nc3cncc(CCC(=O)OCc4ccccc4)c3)cc2N=C(N)C1. The van der Waals surface area contributed by atoms with Crippen LogP contribution in [0.1, 0.15) is 66.6 Å². The summed E-state index contributed by atoms with van der Waals surface area (Å²) in [6, 6.07) is 16.4. The molecule has 1 aliphatic heterocycles. The third-order valence-corrected chi connectivity index (χ3v) is 6.72. The van der Waals surface area contributed by atoms with Crippen LogP contribution in [0.25, 0.3) is 6.08 Å². The second kappa shape index (κ2) is 14.7. The molecule has 0 bridgehead atoms. The van der Waals surface area contributed by atoms with Crippen molar-refractivity contribution in [2.75, 3.05) is 18.4 Å². The number of nitrogens with two attached hydrogens (primary N) is 1. The summed E-state index contributed by atoms with van der Waals surface area (Å²) >= 11 is 0. The fourth-order valence-corrected chi connectivity index (χ4v) is 4.68. The number of benzene rings is 2. The molecule has 0 radical (unpaired) electrons. The van der Waals surface area contributed by atoms with E-state index >= 15 is 0 Å². The van der Waals surface area contributed by atoms with E-state index in [9.17, 15) is 14.4 Å². The Balaban J connectivity index is 1.40. The second-order valence-corrected chi connectivity index (χ2v) is 10.2. The number of amidine groups is 1. The van der Waals surface area contributed by atoms with E-state index in [1.54, 1.807) is 36.7 Å². The van der Waals surface area contributed by atoms with Crippen LogP contribution in [0.15, 0.2) is 77.6 Å². The summed E-state index contributed by atoms with van der Waals surface area (Å²) in [7, 11) is 0. The summed E-state index contributed by atoms with van der Waals surface area (Å²) in [6.07, 6.45) is 7.65. The molecule has 2 aromatic carbocycles. The molecule has 0 saturated carbocycles. The van der Waals surface area contributed by atoms with Gasteiger partial charge in [-0.15, -0.1) is 0 Å². The van der Waals surface area contributed by atoms with Crippen molar-refractivity contribution in [3.63, 3.8) is 0 Å². The number of esters is 1. The lowest BCUT2D eigenvalue weighted by Gasteiger charge is -2.22. The Morgan fingerprint density at radius 2 is 1.74 bits per heavy atom. The molecule has 3 aromatic rings. The predicted molar refractivity (Wildman–Crippen MR) is 164 cm³/mol. The highest BCUT2D eigenvalue weighted by molar-refractivity contribution is 6.07. The number of hydrogen-bond donors (Lipinski definition) is 2. The summed E-state index contributed by atoms with van der Waals surface area (Å²) < 4.78 is 5.34. The van der Waals surface area contributed by atoms with Crippen LogP contribution < -0.4 is 11.1 Å². The fraction of sp³-hybridized carbons (Fsp3) is 0.303. The first-order chi connectivity index (χ1) is 20.4. The van der Waals surface area contributed by atoms with Crippen molar-refractivity contribution in [1.29, 1.82) is 0 Å². The van der Waals surface area contributed by atoms with Crippen molar-refractivity contribution in [3.05, 3.63) is 94.8 Å². The lowest BCUT2D eigenvalue weighted by molar-refractivity contribution is -0.144. The maximum atomic E-state index is 13.2. The Morgan fingerprint density at radius 1 is 0.976 bits per heavy atom. The van der Waals surface area contributed by atoms with E-state index in [0.29, 0.717) is 47.9 Å². The standard InChI is InChI=1S/C33H37N5O4/c1-3-14-38(15-4-2)33(41)27-17-25-11-12-26(18-29(25)37-30(34)19-27)32(40)36-28-16-24(20-35-21-28)10-13-31(39)42-22-23-8-6-5-7-9-23/h5-9,11-12,16-18,20-21H,3-4,10,13-15,19,22H2,1-2H3,(H2,34,37)(H,36,40). The number of amides is 2. The fourth-order valence-electron chi connectivity index (χ4n) is 4.68. The minimum atomic E-state index is -0.339. The van der Waals surface area contributed by atoms with Gasteiger partial charge in [-0.25, -0.2) is 4.99 Å². The first-order valence-electron chi connectivity index (χ1n) is 14.3. The highest BCUT2D eigenvalue weighted by atomic mass is 16.5. The maximum Gasteiger partial charge on any atom is 0.306 e. The molecule has 2 amide bonds. The molecule has 9 nitrogen and oxygen atoms in total. The number of carbonyl (C=O) groups is 3. The molecule has 0 saturated heterocycles. The molecule has 0 spiro atoms. The van der Waals surface area contributed by atoms with Gasteiger partial charge >= 0.3 is 5.97 Å². The molecule has 1 aliphatic rings. The summed E-state index contributed by atoms with van der Waals surface area (Å²) in [5.74, 6) is -0.365. The smallest absolute Gasteiger partial charge is 0.306 e. The summed E-state index contributed by atoms with van der Waals surface area (Å²) in [4.78, 5) is 49.1. The Morgan fingerprint density at radius 3 is 2.48 bits per heavy atom. The van der Waals surface area contributed by atoms with Crippen molar-refractivity contribution in [2.24, 2.45) is 10.7 Å². The summed E-state index contributed by atoms with van der Waals surface area (Å²) in [6.45, 7) is 5.69. The first-order valence-corrected chi connectivity index (χ1v) is 14.3. The average molecular weight is 568 g/mol. The Kier molecular flexibility index (Phi) is 10.6. The minimum Gasteiger partial charge on any atom is -0.461 e. The number of nitrogens with one attached hydrogen (secondary N) is 1. The number of aliphatic imine (C=N–C) groups is 1. The normalized spacial score (nSPS) is 12.3. The number of nitrogens with zero attached hydrogens (tertiary/aromatic N) is 3. The molecule has 0 fully saturated rings. The van der Waals surface area contributed by atoms with Crippen LogP contribution in [0.3, 0.4) is 0 Å². The molecule has 0 atom stereocenters. The van der Waals surface area contributed by atoms with E-state index in [1.165, 1.54) is 0 Å². The lowest BCUT2D eigenvalue weighted by Crippen LogP contribution is -2.34. The van der Waals surface area contributed by atoms with E-state index in [4.69, 9.17) is 10.5 Å². The van der Waals surface area contributed by atoms with Gasteiger partial charge in [-0.2, -0.15) is 0 Å². The van der Waals surface area contributed by atoms with E-state index in [2.05, 4.69) is 15.3 Å². The molecular weight excluding hydrogens is 530 g/mol. The monoisotopic (exact) mass is 567 g/mol. The molecule has 9 heteroatoms. The third kappa shape index (κ3) is 8.36. The first kappa shape index (κ1) is 30.2. The second-order valence-electron chi connectivity index (χ2n) is 10.2. The van der Waals surface area contributed by atoms with Gasteiger partial charge in [0.15, 0.2) is 0 Å². The van der Waals surface area contributed by atoms with Crippen molar-refractivity contribution in [3.8, 4) is 0 Å². The largest absolute Gasteiger partial charge is 0.461 e. The zero-order valence-corrected chi connectivity index (χ0v) is 24.1. The number of fused-ring (bicyclic) bond motifs is 1.